The highest BCUT2D eigenvalue weighted by molar-refractivity contribution is 5.74. The molecule has 2 amide bonds. The van der Waals surface area contributed by atoms with E-state index in [0.29, 0.717) is 13.1 Å². The first-order valence-corrected chi connectivity index (χ1v) is 10.0. The van der Waals surface area contributed by atoms with Gasteiger partial charge in [0.25, 0.3) is 0 Å². The number of aryl methyl sites for hydroxylation is 1. The van der Waals surface area contributed by atoms with Crippen molar-refractivity contribution in [1.82, 2.24) is 15.5 Å². The van der Waals surface area contributed by atoms with Crippen molar-refractivity contribution in [3.05, 3.63) is 94.9 Å². The molecule has 0 spiro atoms. The Morgan fingerprint density at radius 3 is 2.47 bits per heavy atom. The van der Waals surface area contributed by atoms with Crippen molar-refractivity contribution >= 4 is 6.03 Å². The summed E-state index contributed by atoms with van der Waals surface area (Å²) in [7, 11) is 2.04. The van der Waals surface area contributed by atoms with E-state index in [9.17, 15) is 9.90 Å². The molecule has 0 aliphatic heterocycles. The summed E-state index contributed by atoms with van der Waals surface area (Å²) in [6, 6.07) is 18.9. The summed E-state index contributed by atoms with van der Waals surface area (Å²) in [4.78, 5) is 14.6. The lowest BCUT2D eigenvalue weighted by Gasteiger charge is -2.20. The molecular weight excluding hydrogens is 378 g/mol. The lowest BCUT2D eigenvalue weighted by molar-refractivity contribution is 0.216. The first-order chi connectivity index (χ1) is 14.6. The number of carbonyl (C=O) groups excluding carboxylic acids is 1. The maximum absolute atomic E-state index is 12.5. The molecule has 3 N–H and O–H groups in total. The summed E-state index contributed by atoms with van der Waals surface area (Å²) in [5.74, 6) is 0.915. The summed E-state index contributed by atoms with van der Waals surface area (Å²) in [6.07, 6.45) is 1.68. The molecule has 3 aromatic rings. The number of carbonyl (C=O) groups is 1. The molecule has 1 aromatic heterocycles. The predicted molar refractivity (Wildman–Crippen MR) is 117 cm³/mol. The van der Waals surface area contributed by atoms with Gasteiger partial charge in [-0.05, 0) is 48.4 Å². The van der Waals surface area contributed by atoms with Gasteiger partial charge in [-0.25, -0.2) is 4.79 Å². The smallest absolute Gasteiger partial charge is 0.315 e. The zero-order chi connectivity index (χ0) is 21.3. The zero-order valence-electron chi connectivity index (χ0n) is 17.5. The van der Waals surface area contributed by atoms with E-state index in [4.69, 9.17) is 4.42 Å². The minimum atomic E-state index is -0.444. The molecule has 0 saturated heterocycles. The molecule has 0 radical (unpaired) electrons. The highest BCUT2D eigenvalue weighted by atomic mass is 16.3. The van der Waals surface area contributed by atoms with Crippen molar-refractivity contribution in [3.63, 3.8) is 0 Å². The molecule has 1 heterocycles. The molecule has 6 nitrogen and oxygen atoms in total. The Hall–Kier alpha value is -3.09. The number of nitrogens with zero attached hydrogens (tertiary/aromatic N) is 1. The van der Waals surface area contributed by atoms with E-state index in [-0.39, 0.29) is 12.6 Å². The lowest BCUT2D eigenvalue weighted by Crippen LogP contribution is -2.39. The van der Waals surface area contributed by atoms with Gasteiger partial charge in [-0.2, -0.15) is 0 Å². The fourth-order valence-electron chi connectivity index (χ4n) is 3.48. The Bertz CT molecular complexity index is 940. The number of furan rings is 1. The van der Waals surface area contributed by atoms with Gasteiger partial charge in [0, 0.05) is 13.1 Å². The monoisotopic (exact) mass is 407 g/mol. The van der Waals surface area contributed by atoms with Gasteiger partial charge in [0.2, 0.25) is 0 Å². The molecule has 0 fully saturated rings. The van der Waals surface area contributed by atoms with Crippen LogP contribution < -0.4 is 10.6 Å². The Morgan fingerprint density at radius 2 is 1.77 bits per heavy atom. The quantitative estimate of drug-likeness (QED) is 0.505. The number of hydrogen-bond acceptors (Lipinski definition) is 4. The minimum absolute atomic E-state index is 0.160. The lowest BCUT2D eigenvalue weighted by atomic mass is 10.0. The second-order valence-corrected chi connectivity index (χ2v) is 7.44. The highest BCUT2D eigenvalue weighted by Gasteiger charge is 2.15. The summed E-state index contributed by atoms with van der Waals surface area (Å²) >= 11 is 0. The van der Waals surface area contributed by atoms with Gasteiger partial charge in [0.15, 0.2) is 0 Å². The van der Waals surface area contributed by atoms with Gasteiger partial charge in [-0.3, -0.25) is 4.90 Å². The Labute approximate surface area is 177 Å². The Kier molecular flexibility index (Phi) is 7.65. The number of aliphatic hydroxyl groups is 1. The van der Waals surface area contributed by atoms with Crippen LogP contribution >= 0.6 is 0 Å². The van der Waals surface area contributed by atoms with E-state index in [1.54, 1.807) is 6.26 Å². The molecule has 1 atom stereocenters. The van der Waals surface area contributed by atoms with Crippen molar-refractivity contribution in [2.75, 3.05) is 13.7 Å². The highest BCUT2D eigenvalue weighted by Crippen LogP contribution is 2.17. The summed E-state index contributed by atoms with van der Waals surface area (Å²) in [6.45, 7) is 3.66. The van der Waals surface area contributed by atoms with Crippen LogP contribution in [0.25, 0.3) is 0 Å². The first kappa shape index (κ1) is 21.6. The van der Waals surface area contributed by atoms with Crippen LogP contribution in [0.1, 0.15) is 34.1 Å². The number of rotatable bonds is 9. The molecular formula is C24H29N3O3. The average Bonchev–Trinajstić information content (AvgIpc) is 3.25. The van der Waals surface area contributed by atoms with Crippen molar-refractivity contribution in [2.45, 2.75) is 32.6 Å². The molecule has 0 saturated carbocycles. The first-order valence-electron chi connectivity index (χ1n) is 10.0. The molecule has 0 aliphatic rings. The maximum atomic E-state index is 12.5. The van der Waals surface area contributed by atoms with E-state index in [1.807, 2.05) is 68.6 Å². The maximum Gasteiger partial charge on any atom is 0.315 e. The largest absolute Gasteiger partial charge is 0.468 e. The average molecular weight is 408 g/mol. The van der Waals surface area contributed by atoms with Crippen molar-refractivity contribution in [3.8, 4) is 0 Å². The molecule has 0 aliphatic carbocycles. The van der Waals surface area contributed by atoms with Gasteiger partial charge in [-0.15, -0.1) is 0 Å². The van der Waals surface area contributed by atoms with E-state index < -0.39 is 6.04 Å². The second kappa shape index (κ2) is 10.6. The van der Waals surface area contributed by atoms with Crippen LogP contribution in [0, 0.1) is 6.92 Å². The van der Waals surface area contributed by atoms with Crippen LogP contribution in [-0.2, 0) is 19.6 Å². The predicted octanol–water partition coefficient (Wildman–Crippen LogP) is 3.75. The van der Waals surface area contributed by atoms with E-state index >= 15 is 0 Å². The summed E-state index contributed by atoms with van der Waals surface area (Å²) in [5.41, 5.74) is 4.14. The zero-order valence-corrected chi connectivity index (χ0v) is 17.5. The fraction of sp³-hybridized carbons (Fsp3) is 0.292. The van der Waals surface area contributed by atoms with Crippen molar-refractivity contribution in [1.29, 1.82) is 0 Å². The van der Waals surface area contributed by atoms with Crippen molar-refractivity contribution in [2.24, 2.45) is 0 Å². The Morgan fingerprint density at radius 1 is 1.03 bits per heavy atom. The normalized spacial score (nSPS) is 12.0. The summed E-state index contributed by atoms with van der Waals surface area (Å²) in [5, 5.41) is 15.5. The topological polar surface area (TPSA) is 77.7 Å². The van der Waals surface area contributed by atoms with E-state index in [1.165, 1.54) is 0 Å². The number of urea groups is 1. The molecule has 2 aromatic carbocycles. The third-order valence-electron chi connectivity index (χ3n) is 5.06. The van der Waals surface area contributed by atoms with Gasteiger partial charge in [0.1, 0.15) is 5.76 Å². The second-order valence-electron chi connectivity index (χ2n) is 7.44. The van der Waals surface area contributed by atoms with Crippen LogP contribution in [0.4, 0.5) is 4.79 Å². The molecule has 0 bridgehead atoms. The third kappa shape index (κ3) is 5.95. The van der Waals surface area contributed by atoms with Crippen LogP contribution in [0.5, 0.6) is 0 Å². The van der Waals surface area contributed by atoms with Gasteiger partial charge in [-0.1, -0.05) is 48.5 Å². The number of hydrogen-bond donors (Lipinski definition) is 3. The van der Waals surface area contributed by atoms with Crippen LogP contribution in [-0.4, -0.2) is 29.7 Å². The Balaban J connectivity index is 1.57. The standard InChI is InChI=1S/C24H29N3O3/c1-18-8-3-6-12-22(18)23(17-28)26-24(29)25-14-19-9-4-5-10-20(19)15-27(2)16-21-11-7-13-30-21/h3-13,23,28H,14-17H2,1-2H3,(H2,25,26,29). The third-order valence-corrected chi connectivity index (χ3v) is 5.06. The van der Waals surface area contributed by atoms with E-state index in [0.717, 1.165) is 34.6 Å². The van der Waals surface area contributed by atoms with E-state index in [2.05, 4.69) is 21.6 Å². The summed E-state index contributed by atoms with van der Waals surface area (Å²) < 4.78 is 5.42. The number of nitrogens with one attached hydrogen (secondary N) is 2. The van der Waals surface area contributed by atoms with Crippen LogP contribution in [0.15, 0.2) is 71.3 Å². The molecule has 6 heteroatoms. The molecule has 30 heavy (non-hydrogen) atoms. The SMILES string of the molecule is Cc1ccccc1C(CO)NC(=O)NCc1ccccc1CN(C)Cc1ccco1. The molecule has 1 unspecified atom stereocenters. The molecule has 158 valence electrons. The minimum Gasteiger partial charge on any atom is -0.468 e. The number of aliphatic hydroxyl groups excluding tert-OH is 1. The van der Waals surface area contributed by atoms with Crippen molar-refractivity contribution < 1.29 is 14.3 Å². The van der Waals surface area contributed by atoms with Gasteiger partial charge in [0.05, 0.1) is 25.5 Å². The van der Waals surface area contributed by atoms with Gasteiger partial charge >= 0.3 is 6.03 Å². The molecule has 3 rings (SSSR count). The number of benzene rings is 2. The van der Waals surface area contributed by atoms with Gasteiger partial charge < -0.3 is 20.2 Å². The van der Waals surface area contributed by atoms with Crippen LogP contribution in [0.2, 0.25) is 0 Å². The number of amides is 2. The van der Waals surface area contributed by atoms with Crippen LogP contribution in [0.3, 0.4) is 0 Å². The fourth-order valence-corrected chi connectivity index (χ4v) is 3.48.